The van der Waals surface area contributed by atoms with E-state index in [4.69, 9.17) is 5.73 Å². The second-order valence-electron chi connectivity index (χ2n) is 7.12. The molecule has 0 aliphatic heterocycles. The van der Waals surface area contributed by atoms with Gasteiger partial charge < -0.3 is 5.73 Å². The lowest BCUT2D eigenvalue weighted by Crippen LogP contribution is -2.48. The molecule has 4 aliphatic rings. The van der Waals surface area contributed by atoms with E-state index in [2.05, 4.69) is 24.0 Å². The van der Waals surface area contributed by atoms with E-state index in [0.717, 1.165) is 23.4 Å². The Kier molecular flexibility index (Phi) is 2.10. The van der Waals surface area contributed by atoms with Crippen LogP contribution in [0.2, 0.25) is 0 Å². The van der Waals surface area contributed by atoms with Crippen molar-refractivity contribution in [2.45, 2.75) is 50.9 Å². The second kappa shape index (κ2) is 3.49. The normalized spacial score (nSPS) is 41.3. The molecule has 4 aliphatic carbocycles. The molecule has 0 radical (unpaired) electrons. The van der Waals surface area contributed by atoms with Gasteiger partial charge in [0.25, 0.3) is 0 Å². The first-order chi connectivity index (χ1) is 8.63. The van der Waals surface area contributed by atoms with Gasteiger partial charge >= 0.3 is 0 Å². The molecule has 1 heterocycles. The summed E-state index contributed by atoms with van der Waals surface area (Å²) in [5.41, 5.74) is 9.00. The summed E-state index contributed by atoms with van der Waals surface area (Å²) in [6.07, 6.45) is 8.71. The maximum atomic E-state index is 5.97. The van der Waals surface area contributed by atoms with Crippen molar-refractivity contribution < 1.29 is 0 Å². The molecular weight excluding hydrogens is 220 g/mol. The van der Waals surface area contributed by atoms with Crippen LogP contribution in [0.25, 0.3) is 0 Å². The molecule has 0 aromatic carbocycles. The van der Waals surface area contributed by atoms with Gasteiger partial charge in [-0.15, -0.1) is 0 Å². The van der Waals surface area contributed by atoms with Crippen molar-refractivity contribution in [3.8, 4) is 0 Å². The van der Waals surface area contributed by atoms with Crippen LogP contribution in [-0.2, 0) is 5.41 Å². The molecule has 2 nitrogen and oxygen atoms in total. The van der Waals surface area contributed by atoms with Crippen LogP contribution in [0.5, 0.6) is 0 Å². The van der Waals surface area contributed by atoms with Crippen molar-refractivity contribution in [3.05, 3.63) is 23.4 Å². The molecule has 2 N–H and O–H groups in total. The summed E-state index contributed by atoms with van der Waals surface area (Å²) in [5.74, 6) is 3.68. The van der Waals surface area contributed by atoms with Crippen molar-refractivity contribution in [2.24, 2.45) is 17.8 Å². The molecule has 4 bridgehead atoms. The predicted molar refractivity (Wildman–Crippen MR) is 73.2 cm³/mol. The van der Waals surface area contributed by atoms with E-state index in [1.165, 1.54) is 44.1 Å². The van der Waals surface area contributed by atoms with Gasteiger partial charge in [0.2, 0.25) is 0 Å². The number of hydrogen-bond donors (Lipinski definition) is 1. The summed E-state index contributed by atoms with van der Waals surface area (Å²) >= 11 is 0. The van der Waals surface area contributed by atoms with Gasteiger partial charge in [-0.05, 0) is 86.3 Å². The van der Waals surface area contributed by atoms with Crippen LogP contribution in [0.1, 0.15) is 49.8 Å². The summed E-state index contributed by atoms with van der Waals surface area (Å²) in [6, 6.07) is 4.45. The zero-order valence-corrected chi connectivity index (χ0v) is 11.2. The van der Waals surface area contributed by atoms with E-state index in [1.807, 2.05) is 0 Å². The van der Waals surface area contributed by atoms with Crippen LogP contribution in [0.3, 0.4) is 0 Å². The van der Waals surface area contributed by atoms with Crippen LogP contribution < -0.4 is 5.73 Å². The summed E-state index contributed by atoms with van der Waals surface area (Å²) in [6.45, 7) is 2.07. The molecule has 1 aromatic rings. The largest absolute Gasteiger partial charge is 0.384 e. The van der Waals surface area contributed by atoms with Crippen LogP contribution in [0, 0.1) is 24.7 Å². The monoisotopic (exact) mass is 242 g/mol. The van der Waals surface area contributed by atoms with Crippen LogP contribution >= 0.6 is 0 Å². The first-order valence-electron chi connectivity index (χ1n) is 7.38. The highest BCUT2D eigenvalue weighted by atomic mass is 14.8. The average Bonchev–Trinajstić information content (AvgIpc) is 2.25. The maximum absolute atomic E-state index is 5.97. The third-order valence-electron chi connectivity index (χ3n) is 5.62. The number of rotatable bonds is 1. The minimum Gasteiger partial charge on any atom is -0.384 e. The predicted octanol–water partition coefficient (Wildman–Crippen LogP) is 3.44. The van der Waals surface area contributed by atoms with Crippen LogP contribution in [-0.4, -0.2) is 4.98 Å². The molecule has 0 unspecified atom stereocenters. The quantitative estimate of drug-likeness (QED) is 0.819. The van der Waals surface area contributed by atoms with E-state index in [-0.39, 0.29) is 0 Å². The number of pyridine rings is 1. The van der Waals surface area contributed by atoms with E-state index < -0.39 is 0 Å². The molecule has 1 aromatic heterocycles. The first kappa shape index (κ1) is 10.8. The SMILES string of the molecule is Cc1cc(C23CC4CC(CC(C4)C2)C3)cc(N)n1. The zero-order valence-electron chi connectivity index (χ0n) is 11.2. The Bertz CT molecular complexity index is 436. The summed E-state index contributed by atoms with van der Waals surface area (Å²) < 4.78 is 0. The molecule has 0 saturated heterocycles. The fourth-order valence-electron chi connectivity index (χ4n) is 5.46. The second-order valence-corrected chi connectivity index (χ2v) is 7.12. The van der Waals surface area contributed by atoms with Crippen molar-refractivity contribution in [3.63, 3.8) is 0 Å². The number of nitrogens with zero attached hydrogens (tertiary/aromatic N) is 1. The molecule has 5 rings (SSSR count). The van der Waals surface area contributed by atoms with Crippen molar-refractivity contribution >= 4 is 5.82 Å². The highest BCUT2D eigenvalue weighted by Gasteiger charge is 2.51. The number of anilines is 1. The minimum absolute atomic E-state index is 0.455. The standard InChI is InChI=1S/C16H22N2/c1-10-2-14(6-15(17)18-10)16-7-11-3-12(8-16)5-13(4-11)9-16/h2,6,11-13H,3-5,7-9H2,1H3,(H2,17,18). The lowest BCUT2D eigenvalue weighted by Gasteiger charge is -2.57. The third kappa shape index (κ3) is 1.51. The molecule has 0 spiro atoms. The van der Waals surface area contributed by atoms with Gasteiger partial charge in [-0.1, -0.05) is 0 Å². The zero-order chi connectivity index (χ0) is 12.3. The highest BCUT2D eigenvalue weighted by molar-refractivity contribution is 5.40. The average molecular weight is 242 g/mol. The van der Waals surface area contributed by atoms with E-state index in [1.54, 1.807) is 0 Å². The number of aryl methyl sites for hydroxylation is 1. The van der Waals surface area contributed by atoms with Crippen molar-refractivity contribution in [2.75, 3.05) is 5.73 Å². The minimum atomic E-state index is 0.455. The van der Waals surface area contributed by atoms with E-state index in [9.17, 15) is 0 Å². The molecule has 4 saturated carbocycles. The Morgan fingerprint density at radius 2 is 1.61 bits per heavy atom. The number of nitrogens with two attached hydrogens (primary N) is 1. The van der Waals surface area contributed by atoms with E-state index in [0.29, 0.717) is 11.2 Å². The van der Waals surface area contributed by atoms with Crippen LogP contribution in [0.4, 0.5) is 5.82 Å². The van der Waals surface area contributed by atoms with E-state index >= 15 is 0 Å². The first-order valence-corrected chi connectivity index (χ1v) is 7.38. The van der Waals surface area contributed by atoms with Gasteiger partial charge in [-0.3, -0.25) is 0 Å². The molecular formula is C16H22N2. The maximum Gasteiger partial charge on any atom is 0.123 e. The van der Waals surface area contributed by atoms with Gasteiger partial charge in [-0.25, -0.2) is 4.98 Å². The van der Waals surface area contributed by atoms with Gasteiger partial charge in [0.15, 0.2) is 0 Å². The molecule has 0 atom stereocenters. The molecule has 4 fully saturated rings. The van der Waals surface area contributed by atoms with Crippen molar-refractivity contribution in [1.82, 2.24) is 4.98 Å². The Morgan fingerprint density at radius 1 is 1.06 bits per heavy atom. The van der Waals surface area contributed by atoms with Crippen LogP contribution in [0.15, 0.2) is 12.1 Å². The number of hydrogen-bond acceptors (Lipinski definition) is 2. The lowest BCUT2D eigenvalue weighted by molar-refractivity contribution is -0.00522. The third-order valence-corrected chi connectivity index (χ3v) is 5.62. The lowest BCUT2D eigenvalue weighted by atomic mass is 9.48. The Morgan fingerprint density at radius 3 is 2.11 bits per heavy atom. The highest BCUT2D eigenvalue weighted by Crippen LogP contribution is 2.60. The van der Waals surface area contributed by atoms with Gasteiger partial charge in [0, 0.05) is 5.69 Å². The Balaban J connectivity index is 1.79. The van der Waals surface area contributed by atoms with Gasteiger partial charge in [-0.2, -0.15) is 0 Å². The fraction of sp³-hybridized carbons (Fsp3) is 0.688. The summed E-state index contributed by atoms with van der Waals surface area (Å²) in [7, 11) is 0. The molecule has 18 heavy (non-hydrogen) atoms. The molecule has 0 amide bonds. The smallest absolute Gasteiger partial charge is 0.123 e. The van der Waals surface area contributed by atoms with Gasteiger partial charge in [0.05, 0.1) is 0 Å². The summed E-state index contributed by atoms with van der Waals surface area (Å²) in [5, 5.41) is 0. The molecule has 2 heteroatoms. The number of aromatic nitrogens is 1. The summed E-state index contributed by atoms with van der Waals surface area (Å²) in [4.78, 5) is 4.34. The Labute approximate surface area is 109 Å². The Hall–Kier alpha value is -1.05. The molecule has 96 valence electrons. The topological polar surface area (TPSA) is 38.9 Å². The number of nitrogen functional groups attached to an aromatic ring is 1. The van der Waals surface area contributed by atoms with Crippen molar-refractivity contribution in [1.29, 1.82) is 0 Å². The van der Waals surface area contributed by atoms with Gasteiger partial charge in [0.1, 0.15) is 5.82 Å². The fourth-order valence-corrected chi connectivity index (χ4v) is 5.46.